The van der Waals surface area contributed by atoms with Crippen molar-refractivity contribution in [3.8, 4) is 0 Å². The molecule has 0 radical (unpaired) electrons. The van der Waals surface area contributed by atoms with Crippen molar-refractivity contribution in [2.75, 3.05) is 0 Å². The van der Waals surface area contributed by atoms with Gasteiger partial charge in [-0.15, -0.1) is 0 Å². The second-order valence-corrected chi connectivity index (χ2v) is 4.18. The number of benzene rings is 2. The average molecular weight is 239 g/mol. The van der Waals surface area contributed by atoms with Crippen molar-refractivity contribution in [1.29, 1.82) is 0 Å². The highest BCUT2D eigenvalue weighted by atomic mass is 79.9. The predicted molar refractivity (Wildman–Crippen MR) is 58.7 cm³/mol. The van der Waals surface area contributed by atoms with Gasteiger partial charge in [-0.3, -0.25) is 0 Å². The van der Waals surface area contributed by atoms with Gasteiger partial charge < -0.3 is 0 Å². The Balaban J connectivity index is 2.67. The molecule has 2 aromatic rings. The first kappa shape index (κ1) is 8.14. The molecule has 0 aromatic heterocycles. The summed E-state index contributed by atoms with van der Waals surface area (Å²) in [6.07, 6.45) is 0. The Labute approximate surface area is 83.2 Å². The molecule has 12 heavy (non-hydrogen) atoms. The van der Waals surface area contributed by atoms with Crippen LogP contribution in [0.2, 0.25) is 0 Å². The number of fused-ring (bicyclic) bond motifs is 1. The van der Waals surface area contributed by atoms with Crippen LogP contribution in [0.1, 0.15) is 0 Å². The van der Waals surface area contributed by atoms with Gasteiger partial charge >= 0.3 is 0 Å². The summed E-state index contributed by atoms with van der Waals surface area (Å²) in [6, 6.07) is 14.8. The lowest BCUT2D eigenvalue weighted by atomic mass is 10.1. The van der Waals surface area contributed by atoms with Crippen molar-refractivity contribution in [3.63, 3.8) is 0 Å². The van der Waals surface area contributed by atoms with Gasteiger partial charge in [-0.25, -0.2) is 0 Å². The number of hydrogen-bond donors (Lipinski definition) is 0. The van der Waals surface area contributed by atoms with Crippen molar-refractivity contribution >= 4 is 35.8 Å². The quantitative estimate of drug-likeness (QED) is 0.717. The first-order chi connectivity index (χ1) is 5.90. The highest BCUT2D eigenvalue weighted by Crippen LogP contribution is 2.27. The van der Waals surface area contributed by atoms with Crippen LogP contribution in [0.5, 0.6) is 0 Å². The van der Waals surface area contributed by atoms with Crippen LogP contribution in [0.15, 0.2) is 47.4 Å². The summed E-state index contributed by atoms with van der Waals surface area (Å²) >= 11 is 3.36. The molecule has 0 aliphatic heterocycles. The lowest BCUT2D eigenvalue weighted by Gasteiger charge is -1.98. The van der Waals surface area contributed by atoms with Crippen LogP contribution in [-0.2, 0) is 0 Å². The maximum atomic E-state index is 3.36. The summed E-state index contributed by atoms with van der Waals surface area (Å²) in [5.74, 6) is 0. The monoisotopic (exact) mass is 238 g/mol. The lowest BCUT2D eigenvalue weighted by molar-refractivity contribution is 1.52. The number of halogens is 1. The van der Waals surface area contributed by atoms with Gasteiger partial charge in [0.15, 0.2) is 0 Å². The molecule has 0 saturated heterocycles. The van der Waals surface area contributed by atoms with E-state index in [4.69, 9.17) is 0 Å². The zero-order valence-electron chi connectivity index (χ0n) is 6.33. The van der Waals surface area contributed by atoms with Crippen molar-refractivity contribution in [2.45, 2.75) is 4.90 Å². The van der Waals surface area contributed by atoms with E-state index >= 15 is 0 Å². The second kappa shape index (κ2) is 3.50. The molecule has 0 amide bonds. The molecule has 0 aliphatic rings. The normalized spacial score (nSPS) is 10.4. The standard InChI is InChI=1S/C10H7BrS/c11-12-10-6-5-8-3-1-2-4-9(8)7-10/h1-7H. The van der Waals surface area contributed by atoms with Gasteiger partial charge in [0.05, 0.1) is 0 Å². The molecule has 0 atom stereocenters. The third kappa shape index (κ3) is 1.50. The summed E-state index contributed by atoms with van der Waals surface area (Å²) in [5, 5.41) is 2.59. The van der Waals surface area contributed by atoms with Crippen LogP contribution in [0.3, 0.4) is 0 Å². The minimum Gasteiger partial charge on any atom is -0.0616 e. The summed E-state index contributed by atoms with van der Waals surface area (Å²) < 4.78 is 0. The minimum atomic E-state index is 1.24. The van der Waals surface area contributed by atoms with Gasteiger partial charge in [0.2, 0.25) is 0 Å². The molecule has 0 fully saturated rings. The summed E-state index contributed by atoms with van der Waals surface area (Å²) in [7, 11) is 1.60. The average Bonchev–Trinajstić information content (AvgIpc) is 2.17. The Morgan fingerprint density at radius 1 is 0.917 bits per heavy atom. The Hall–Kier alpha value is -0.470. The Morgan fingerprint density at radius 3 is 2.42 bits per heavy atom. The van der Waals surface area contributed by atoms with Crippen LogP contribution in [-0.4, -0.2) is 0 Å². The molecule has 0 spiro atoms. The third-order valence-electron chi connectivity index (χ3n) is 1.81. The highest BCUT2D eigenvalue weighted by Gasteiger charge is 1.93. The molecule has 0 saturated carbocycles. The van der Waals surface area contributed by atoms with Crippen LogP contribution in [0.25, 0.3) is 10.8 Å². The zero-order valence-corrected chi connectivity index (χ0v) is 8.73. The first-order valence-corrected chi connectivity index (χ1v) is 6.33. The lowest BCUT2D eigenvalue weighted by Crippen LogP contribution is -1.71. The minimum absolute atomic E-state index is 1.24. The van der Waals surface area contributed by atoms with Gasteiger partial charge in [0, 0.05) is 4.90 Å². The molecule has 2 rings (SSSR count). The van der Waals surface area contributed by atoms with E-state index in [1.165, 1.54) is 15.7 Å². The molecule has 0 unspecified atom stereocenters. The predicted octanol–water partition coefficient (Wildman–Crippen LogP) is 4.24. The fourth-order valence-electron chi connectivity index (χ4n) is 1.22. The number of hydrogen-bond acceptors (Lipinski definition) is 1. The van der Waals surface area contributed by atoms with Gasteiger partial charge in [-0.2, -0.15) is 0 Å². The van der Waals surface area contributed by atoms with Gasteiger partial charge in [-0.1, -0.05) is 30.3 Å². The molecular weight excluding hydrogens is 232 g/mol. The van der Waals surface area contributed by atoms with E-state index in [1.54, 1.807) is 10.2 Å². The van der Waals surface area contributed by atoms with Gasteiger partial charge in [0.25, 0.3) is 0 Å². The Bertz CT molecular complexity index is 398. The second-order valence-electron chi connectivity index (χ2n) is 2.59. The number of rotatable bonds is 1. The Kier molecular flexibility index (Phi) is 2.38. The summed E-state index contributed by atoms with van der Waals surface area (Å²) in [5.41, 5.74) is 0. The molecule has 0 nitrogen and oxygen atoms in total. The van der Waals surface area contributed by atoms with Crippen LogP contribution < -0.4 is 0 Å². The van der Waals surface area contributed by atoms with E-state index in [1.807, 2.05) is 0 Å². The van der Waals surface area contributed by atoms with E-state index in [9.17, 15) is 0 Å². The molecule has 60 valence electrons. The molecule has 0 heterocycles. The Morgan fingerprint density at radius 2 is 1.67 bits per heavy atom. The smallest absolute Gasteiger partial charge is 0.0194 e. The van der Waals surface area contributed by atoms with E-state index in [0.29, 0.717) is 0 Å². The summed E-state index contributed by atoms with van der Waals surface area (Å²) in [6.45, 7) is 0. The third-order valence-corrected chi connectivity index (χ3v) is 3.36. The van der Waals surface area contributed by atoms with Crippen LogP contribution in [0, 0.1) is 0 Å². The zero-order chi connectivity index (χ0) is 8.39. The topological polar surface area (TPSA) is 0 Å². The summed E-state index contributed by atoms with van der Waals surface area (Å²) in [4.78, 5) is 1.24. The molecular formula is C10H7BrS. The molecule has 2 aromatic carbocycles. The van der Waals surface area contributed by atoms with E-state index < -0.39 is 0 Å². The largest absolute Gasteiger partial charge is 0.0616 e. The maximum absolute atomic E-state index is 3.36. The molecule has 0 aliphatic carbocycles. The van der Waals surface area contributed by atoms with E-state index in [-0.39, 0.29) is 0 Å². The highest BCUT2D eigenvalue weighted by molar-refractivity contribution is 9.50. The fraction of sp³-hybridized carbons (Fsp3) is 0. The van der Waals surface area contributed by atoms with Crippen molar-refractivity contribution in [1.82, 2.24) is 0 Å². The fourth-order valence-corrected chi connectivity index (χ4v) is 2.11. The molecule has 2 heteroatoms. The van der Waals surface area contributed by atoms with Crippen LogP contribution >= 0.6 is 25.0 Å². The van der Waals surface area contributed by atoms with Crippen molar-refractivity contribution < 1.29 is 0 Å². The SMILES string of the molecule is BrSc1ccc2ccccc2c1. The molecule has 0 bridgehead atoms. The van der Waals surface area contributed by atoms with Crippen molar-refractivity contribution in [3.05, 3.63) is 42.5 Å². The maximum Gasteiger partial charge on any atom is 0.0194 e. The van der Waals surface area contributed by atoms with Gasteiger partial charge in [-0.05, 0) is 47.9 Å². The van der Waals surface area contributed by atoms with Crippen molar-refractivity contribution in [2.24, 2.45) is 0 Å². The van der Waals surface area contributed by atoms with E-state index in [0.717, 1.165) is 0 Å². The first-order valence-electron chi connectivity index (χ1n) is 3.67. The van der Waals surface area contributed by atoms with Crippen LogP contribution in [0.4, 0.5) is 0 Å². The molecule has 0 N–H and O–H groups in total. The van der Waals surface area contributed by atoms with Gasteiger partial charge in [0.1, 0.15) is 0 Å². The van der Waals surface area contributed by atoms with E-state index in [2.05, 4.69) is 57.3 Å².